The van der Waals surface area contributed by atoms with Crippen LogP contribution in [0.25, 0.3) is 0 Å². The Labute approximate surface area is 123 Å². The molecule has 114 valence electrons. The molecule has 0 unspecified atom stereocenters. The van der Waals surface area contributed by atoms with Gasteiger partial charge in [-0.25, -0.2) is 0 Å². The van der Waals surface area contributed by atoms with E-state index in [1.165, 1.54) is 6.92 Å². The van der Waals surface area contributed by atoms with Crippen LogP contribution in [0.15, 0.2) is 24.3 Å². The minimum atomic E-state index is -0.951. The lowest BCUT2D eigenvalue weighted by Gasteiger charge is -2.20. The number of carbonyl (C=O) groups excluding carboxylic acids is 2. The number of anilines is 1. The molecule has 1 rings (SSSR count). The zero-order chi connectivity index (χ0) is 16.0. The van der Waals surface area contributed by atoms with Crippen molar-refractivity contribution in [3.63, 3.8) is 0 Å². The summed E-state index contributed by atoms with van der Waals surface area (Å²) < 4.78 is 5.15. The molecular weight excluding hydrogens is 274 g/mol. The van der Waals surface area contributed by atoms with Crippen LogP contribution in [0.2, 0.25) is 0 Å². The second-order valence-corrected chi connectivity index (χ2v) is 5.59. The van der Waals surface area contributed by atoms with E-state index in [2.05, 4.69) is 5.32 Å². The molecule has 0 bridgehead atoms. The molecule has 0 atom stereocenters. The predicted octanol–water partition coefficient (Wildman–Crippen LogP) is 2.44. The van der Waals surface area contributed by atoms with Gasteiger partial charge in [0.15, 0.2) is 0 Å². The first-order valence-electron chi connectivity index (χ1n) is 6.48. The number of aliphatic carboxylic acids is 1. The maximum absolute atomic E-state index is 11.8. The van der Waals surface area contributed by atoms with Crippen LogP contribution in [0.5, 0.6) is 5.75 Å². The second-order valence-electron chi connectivity index (χ2n) is 5.59. The van der Waals surface area contributed by atoms with Crippen LogP contribution in [0.4, 0.5) is 5.69 Å². The summed E-state index contributed by atoms with van der Waals surface area (Å²) in [5.41, 5.74) is -0.0625. The Balaban J connectivity index is 2.58. The third-order valence-corrected chi connectivity index (χ3v) is 2.66. The summed E-state index contributed by atoms with van der Waals surface area (Å²) >= 11 is 0. The van der Waals surface area contributed by atoms with Crippen LogP contribution in [-0.2, 0) is 14.4 Å². The van der Waals surface area contributed by atoms with Crippen molar-refractivity contribution in [2.75, 3.05) is 5.32 Å². The van der Waals surface area contributed by atoms with E-state index in [9.17, 15) is 14.4 Å². The number of nitrogens with one attached hydrogen (secondary N) is 1. The molecule has 0 radical (unpaired) electrons. The maximum Gasteiger partial charge on any atom is 0.311 e. The van der Waals surface area contributed by atoms with Gasteiger partial charge in [0.05, 0.1) is 12.8 Å². The number of esters is 1. The van der Waals surface area contributed by atoms with Gasteiger partial charge in [-0.1, -0.05) is 13.8 Å². The van der Waals surface area contributed by atoms with Crippen molar-refractivity contribution in [2.24, 2.45) is 5.41 Å². The Morgan fingerprint density at radius 3 is 2.19 bits per heavy atom. The standard InChI is InChI=1S/C15H19NO5/c1-10(17)16-11-4-6-12(7-5-11)21-14(20)9-15(2,3)8-13(18)19/h4-7H,8-9H2,1-3H3,(H,16,17)(H,18,19). The minimum Gasteiger partial charge on any atom is -0.481 e. The van der Waals surface area contributed by atoms with E-state index in [0.717, 1.165) is 0 Å². The van der Waals surface area contributed by atoms with E-state index in [-0.39, 0.29) is 18.7 Å². The molecule has 2 N–H and O–H groups in total. The quantitative estimate of drug-likeness (QED) is 0.620. The first-order valence-corrected chi connectivity index (χ1v) is 6.48. The molecule has 0 heterocycles. The highest BCUT2D eigenvalue weighted by Gasteiger charge is 2.26. The van der Waals surface area contributed by atoms with Crippen LogP contribution in [0, 0.1) is 5.41 Å². The molecule has 1 aromatic rings. The summed E-state index contributed by atoms with van der Waals surface area (Å²) in [4.78, 5) is 33.4. The molecule has 0 aliphatic carbocycles. The highest BCUT2D eigenvalue weighted by molar-refractivity contribution is 5.88. The molecule has 6 heteroatoms. The van der Waals surface area contributed by atoms with Gasteiger partial charge < -0.3 is 15.2 Å². The molecule has 6 nitrogen and oxygen atoms in total. The van der Waals surface area contributed by atoms with Crippen molar-refractivity contribution in [3.05, 3.63) is 24.3 Å². The van der Waals surface area contributed by atoms with Gasteiger partial charge in [-0.2, -0.15) is 0 Å². The SMILES string of the molecule is CC(=O)Nc1ccc(OC(=O)CC(C)(C)CC(=O)O)cc1. The van der Waals surface area contributed by atoms with Gasteiger partial charge in [0.25, 0.3) is 0 Å². The molecule has 0 aromatic heterocycles. The number of benzene rings is 1. The lowest BCUT2D eigenvalue weighted by Crippen LogP contribution is -2.23. The lowest BCUT2D eigenvalue weighted by atomic mass is 9.86. The number of amides is 1. The topological polar surface area (TPSA) is 92.7 Å². The molecular formula is C15H19NO5. The smallest absolute Gasteiger partial charge is 0.311 e. The Kier molecular flexibility index (Phi) is 5.46. The van der Waals surface area contributed by atoms with Crippen molar-refractivity contribution in [1.29, 1.82) is 0 Å². The van der Waals surface area contributed by atoms with Crippen LogP contribution < -0.4 is 10.1 Å². The normalized spacial score (nSPS) is 10.8. The second kappa shape index (κ2) is 6.88. The highest BCUT2D eigenvalue weighted by Crippen LogP contribution is 2.26. The molecule has 21 heavy (non-hydrogen) atoms. The van der Waals surface area contributed by atoms with Gasteiger partial charge >= 0.3 is 11.9 Å². The summed E-state index contributed by atoms with van der Waals surface area (Å²) in [5, 5.41) is 11.4. The van der Waals surface area contributed by atoms with E-state index in [1.54, 1.807) is 38.1 Å². The van der Waals surface area contributed by atoms with Gasteiger partial charge in [-0.05, 0) is 29.7 Å². The first kappa shape index (κ1) is 16.7. The van der Waals surface area contributed by atoms with Crippen molar-refractivity contribution >= 4 is 23.5 Å². The van der Waals surface area contributed by atoms with Gasteiger partial charge in [0, 0.05) is 12.6 Å². The molecule has 0 saturated heterocycles. The average molecular weight is 293 g/mol. The first-order chi connectivity index (χ1) is 9.68. The zero-order valence-corrected chi connectivity index (χ0v) is 12.3. The third-order valence-electron chi connectivity index (χ3n) is 2.66. The molecule has 0 saturated carbocycles. The summed E-state index contributed by atoms with van der Waals surface area (Å²) in [5.74, 6) is -1.28. The van der Waals surface area contributed by atoms with Gasteiger partial charge in [0.1, 0.15) is 5.75 Å². The van der Waals surface area contributed by atoms with Gasteiger partial charge in [-0.3, -0.25) is 14.4 Å². The van der Waals surface area contributed by atoms with Gasteiger partial charge in [-0.15, -0.1) is 0 Å². The van der Waals surface area contributed by atoms with Crippen molar-refractivity contribution < 1.29 is 24.2 Å². The fourth-order valence-corrected chi connectivity index (χ4v) is 1.84. The number of ether oxygens (including phenoxy) is 1. The van der Waals surface area contributed by atoms with Crippen LogP contribution in [0.3, 0.4) is 0 Å². The summed E-state index contributed by atoms with van der Waals surface area (Å²) in [6.07, 6.45) is -0.101. The van der Waals surface area contributed by atoms with Gasteiger partial charge in [0.2, 0.25) is 5.91 Å². The van der Waals surface area contributed by atoms with E-state index >= 15 is 0 Å². The largest absolute Gasteiger partial charge is 0.481 e. The maximum atomic E-state index is 11.8. The summed E-state index contributed by atoms with van der Waals surface area (Å²) in [6, 6.07) is 6.36. The summed E-state index contributed by atoms with van der Waals surface area (Å²) in [6.45, 7) is 4.79. The van der Waals surface area contributed by atoms with Crippen molar-refractivity contribution in [3.8, 4) is 5.75 Å². The highest BCUT2D eigenvalue weighted by atomic mass is 16.5. The molecule has 0 fully saturated rings. The van der Waals surface area contributed by atoms with Crippen molar-refractivity contribution in [1.82, 2.24) is 0 Å². The Hall–Kier alpha value is -2.37. The third kappa shape index (κ3) is 6.56. The number of carboxylic acid groups (broad SMARTS) is 1. The number of carbonyl (C=O) groups is 3. The van der Waals surface area contributed by atoms with Crippen LogP contribution >= 0.6 is 0 Å². The van der Waals surface area contributed by atoms with Crippen LogP contribution in [-0.4, -0.2) is 23.0 Å². The zero-order valence-electron chi connectivity index (χ0n) is 12.3. The number of rotatable bonds is 6. The summed E-state index contributed by atoms with van der Waals surface area (Å²) in [7, 11) is 0. The minimum absolute atomic E-state index is 0.00669. The predicted molar refractivity (Wildman–Crippen MR) is 77.0 cm³/mol. The molecule has 0 aliphatic rings. The Morgan fingerprint density at radius 2 is 1.71 bits per heavy atom. The number of hydrogen-bond donors (Lipinski definition) is 2. The Bertz CT molecular complexity index is 533. The Morgan fingerprint density at radius 1 is 1.14 bits per heavy atom. The number of carboxylic acids is 1. The van der Waals surface area contributed by atoms with E-state index < -0.39 is 17.4 Å². The fourth-order valence-electron chi connectivity index (χ4n) is 1.84. The molecule has 1 amide bonds. The van der Waals surface area contributed by atoms with Crippen molar-refractivity contribution in [2.45, 2.75) is 33.6 Å². The molecule has 0 aliphatic heterocycles. The molecule has 0 spiro atoms. The number of hydrogen-bond acceptors (Lipinski definition) is 4. The fraction of sp³-hybridized carbons (Fsp3) is 0.400. The van der Waals surface area contributed by atoms with E-state index in [0.29, 0.717) is 11.4 Å². The average Bonchev–Trinajstić information content (AvgIpc) is 2.28. The van der Waals surface area contributed by atoms with Crippen LogP contribution in [0.1, 0.15) is 33.6 Å². The van der Waals surface area contributed by atoms with E-state index in [4.69, 9.17) is 9.84 Å². The lowest BCUT2D eigenvalue weighted by molar-refractivity contribution is -0.141. The molecule has 1 aromatic carbocycles. The van der Waals surface area contributed by atoms with E-state index in [1.807, 2.05) is 0 Å². The monoisotopic (exact) mass is 293 g/mol.